The molecule has 1 aliphatic heterocycles. The number of aromatic nitrogens is 2. The molecule has 9 heteroatoms. The molecule has 3 aromatic rings. The number of piperazine rings is 1. The fourth-order valence-electron chi connectivity index (χ4n) is 4.20. The molecular weight excluding hydrogens is 491 g/mol. The largest absolute Gasteiger partial charge is 0.352 e. The molecule has 0 atom stereocenters. The maximum atomic E-state index is 12.7. The Morgan fingerprint density at radius 3 is 2.47 bits per heavy atom. The van der Waals surface area contributed by atoms with E-state index in [1.807, 2.05) is 4.90 Å². The Hall–Kier alpha value is -2.22. The number of nitrogens with zero attached hydrogens (tertiary/aromatic N) is 4. The number of ketones is 1. The first-order chi connectivity index (χ1) is 16.5. The molecule has 0 unspecified atom stereocenters. The number of carbonyl (C=O) groups excluding carboxylic acids is 2. The van der Waals surface area contributed by atoms with Gasteiger partial charge in [0.1, 0.15) is 17.0 Å². The molecule has 0 saturated carbocycles. The van der Waals surface area contributed by atoms with Gasteiger partial charge in [-0.25, -0.2) is 9.97 Å². The van der Waals surface area contributed by atoms with Crippen molar-refractivity contribution >= 4 is 62.3 Å². The zero-order valence-corrected chi connectivity index (χ0v) is 21.6. The summed E-state index contributed by atoms with van der Waals surface area (Å²) in [5, 5.41) is 1.95. The van der Waals surface area contributed by atoms with Crippen molar-refractivity contribution in [2.75, 3.05) is 31.1 Å². The molecule has 6 nitrogen and oxygen atoms in total. The van der Waals surface area contributed by atoms with E-state index in [1.165, 1.54) is 4.88 Å². The summed E-state index contributed by atoms with van der Waals surface area (Å²) in [5.74, 6) is 1.21. The minimum Gasteiger partial charge on any atom is -0.352 e. The fourth-order valence-corrected chi connectivity index (χ4v) is 5.42. The minimum absolute atomic E-state index is 0.0523. The lowest BCUT2D eigenvalue weighted by Gasteiger charge is -2.35. The zero-order chi connectivity index (χ0) is 24.1. The first-order valence-electron chi connectivity index (χ1n) is 11.7. The highest BCUT2D eigenvalue weighted by Gasteiger charge is 2.23. The van der Waals surface area contributed by atoms with Gasteiger partial charge in [-0.15, -0.1) is 11.3 Å². The van der Waals surface area contributed by atoms with Gasteiger partial charge in [0.15, 0.2) is 5.78 Å². The Morgan fingerprint density at radius 2 is 1.74 bits per heavy atom. The predicted octanol–water partition coefficient (Wildman–Crippen LogP) is 6.04. The molecule has 0 N–H and O–H groups in total. The molecule has 34 heavy (non-hydrogen) atoms. The van der Waals surface area contributed by atoms with E-state index in [0.717, 1.165) is 54.8 Å². The number of Topliss-reactive ketones (excluding diaryl/α,β-unsaturated/α-hetero) is 1. The smallest absolute Gasteiger partial charge is 0.222 e. The van der Waals surface area contributed by atoms with Gasteiger partial charge >= 0.3 is 0 Å². The predicted molar refractivity (Wildman–Crippen MR) is 139 cm³/mol. The molecule has 180 valence electrons. The summed E-state index contributed by atoms with van der Waals surface area (Å²) in [5.41, 5.74) is 0.581. The molecule has 2 aromatic heterocycles. The van der Waals surface area contributed by atoms with Crippen molar-refractivity contribution in [3.63, 3.8) is 0 Å². The summed E-state index contributed by atoms with van der Waals surface area (Å²) in [6.07, 6.45) is 5.97. The number of benzene rings is 1. The van der Waals surface area contributed by atoms with E-state index in [-0.39, 0.29) is 11.7 Å². The number of amides is 1. The van der Waals surface area contributed by atoms with Gasteiger partial charge in [0.25, 0.3) is 0 Å². The van der Waals surface area contributed by atoms with E-state index < -0.39 is 0 Å². The average molecular weight is 519 g/mol. The first-order valence-corrected chi connectivity index (χ1v) is 13.3. The Labute approximate surface area is 213 Å². The van der Waals surface area contributed by atoms with Crippen LogP contribution in [-0.4, -0.2) is 52.7 Å². The summed E-state index contributed by atoms with van der Waals surface area (Å²) in [6.45, 7) is 5.09. The fraction of sp³-hybridized carbons (Fsp3) is 0.440. The molecule has 3 heterocycles. The highest BCUT2D eigenvalue weighted by molar-refractivity contribution is 7.18. The van der Waals surface area contributed by atoms with Crippen molar-refractivity contribution in [3.05, 3.63) is 51.1 Å². The Balaban J connectivity index is 1.19. The van der Waals surface area contributed by atoms with Crippen LogP contribution in [0.3, 0.4) is 0 Å². The molecule has 1 aliphatic rings. The quantitative estimate of drug-likeness (QED) is 0.255. The van der Waals surface area contributed by atoms with Crippen molar-refractivity contribution in [2.45, 2.75) is 45.4 Å². The van der Waals surface area contributed by atoms with Crippen molar-refractivity contribution in [1.29, 1.82) is 0 Å². The Bertz CT molecular complexity index is 1170. The van der Waals surface area contributed by atoms with Crippen LogP contribution in [0, 0.1) is 0 Å². The van der Waals surface area contributed by atoms with Crippen molar-refractivity contribution in [3.8, 4) is 0 Å². The number of fused-ring (bicyclic) bond motifs is 1. The number of aryl methyl sites for hydroxylation is 1. The van der Waals surface area contributed by atoms with E-state index in [0.29, 0.717) is 41.5 Å². The average Bonchev–Trinajstić information content (AvgIpc) is 3.29. The molecule has 1 fully saturated rings. The molecule has 1 amide bonds. The van der Waals surface area contributed by atoms with Crippen LogP contribution in [0.4, 0.5) is 5.82 Å². The molecule has 0 spiro atoms. The van der Waals surface area contributed by atoms with E-state index in [9.17, 15) is 9.59 Å². The summed E-state index contributed by atoms with van der Waals surface area (Å²) in [4.78, 5) is 40.5. The standard InChI is InChI=1S/C25H28Cl2N4O2S/c1-2-18-15-19-24(28-16-29-25(19)34-18)31-12-10-30(11-13-31)23(33)7-5-3-4-6-22(32)17-8-9-20(26)21(27)14-17/h8-9,14-16H,2-7,10-13H2,1H3. The molecule has 0 aliphatic carbocycles. The van der Waals surface area contributed by atoms with Crippen LogP contribution >= 0.6 is 34.5 Å². The second kappa shape index (κ2) is 11.5. The van der Waals surface area contributed by atoms with Crippen LogP contribution in [0.15, 0.2) is 30.6 Å². The van der Waals surface area contributed by atoms with E-state index >= 15 is 0 Å². The Morgan fingerprint density at radius 1 is 0.971 bits per heavy atom. The second-order valence-electron chi connectivity index (χ2n) is 8.46. The van der Waals surface area contributed by atoms with Crippen molar-refractivity contribution in [1.82, 2.24) is 14.9 Å². The highest BCUT2D eigenvalue weighted by atomic mass is 35.5. The van der Waals surface area contributed by atoms with Gasteiger partial charge in [-0.05, 0) is 43.5 Å². The van der Waals surface area contributed by atoms with E-state index in [4.69, 9.17) is 23.2 Å². The summed E-state index contributed by atoms with van der Waals surface area (Å²) < 4.78 is 0. The number of unbranched alkanes of at least 4 members (excludes halogenated alkanes) is 2. The number of halogens is 2. The number of hydrogen-bond donors (Lipinski definition) is 0. The van der Waals surface area contributed by atoms with Gasteiger partial charge in [-0.1, -0.05) is 36.5 Å². The lowest BCUT2D eigenvalue weighted by Crippen LogP contribution is -2.49. The van der Waals surface area contributed by atoms with Crippen LogP contribution in [0.5, 0.6) is 0 Å². The number of thiophene rings is 1. The second-order valence-corrected chi connectivity index (χ2v) is 10.4. The van der Waals surface area contributed by atoms with Crippen molar-refractivity contribution < 1.29 is 9.59 Å². The third kappa shape index (κ3) is 5.88. The van der Waals surface area contributed by atoms with Gasteiger partial charge in [0, 0.05) is 49.5 Å². The van der Waals surface area contributed by atoms with Gasteiger partial charge < -0.3 is 9.80 Å². The van der Waals surface area contributed by atoms with Gasteiger partial charge in [-0.2, -0.15) is 0 Å². The van der Waals surface area contributed by atoms with E-state index in [1.54, 1.807) is 35.9 Å². The summed E-state index contributed by atoms with van der Waals surface area (Å²) in [7, 11) is 0. The molecule has 1 saturated heterocycles. The number of rotatable bonds is 9. The third-order valence-electron chi connectivity index (χ3n) is 6.18. The van der Waals surface area contributed by atoms with Crippen LogP contribution in [-0.2, 0) is 11.2 Å². The van der Waals surface area contributed by atoms with Crippen molar-refractivity contribution in [2.24, 2.45) is 0 Å². The summed E-state index contributed by atoms with van der Waals surface area (Å²) >= 11 is 13.6. The Kier molecular flexibility index (Phi) is 8.40. The number of carbonyl (C=O) groups is 2. The van der Waals surface area contributed by atoms with Crippen LogP contribution in [0.1, 0.15) is 54.3 Å². The monoisotopic (exact) mass is 518 g/mol. The minimum atomic E-state index is 0.0523. The van der Waals surface area contributed by atoms with Crippen LogP contribution in [0.25, 0.3) is 10.2 Å². The first kappa shape index (κ1) is 24.9. The number of anilines is 1. The lowest BCUT2D eigenvalue weighted by atomic mass is 10.0. The molecule has 1 aromatic carbocycles. The van der Waals surface area contributed by atoms with Crippen LogP contribution in [0.2, 0.25) is 10.0 Å². The molecule has 0 bridgehead atoms. The zero-order valence-electron chi connectivity index (χ0n) is 19.2. The van der Waals surface area contributed by atoms with Crippen LogP contribution < -0.4 is 4.90 Å². The highest BCUT2D eigenvalue weighted by Crippen LogP contribution is 2.31. The van der Waals surface area contributed by atoms with Gasteiger partial charge in [0.2, 0.25) is 5.91 Å². The molecule has 0 radical (unpaired) electrons. The maximum Gasteiger partial charge on any atom is 0.222 e. The number of hydrogen-bond acceptors (Lipinski definition) is 6. The SMILES string of the molecule is CCc1cc2c(N3CCN(C(=O)CCCCCC(=O)c4ccc(Cl)c(Cl)c4)CC3)ncnc2s1. The van der Waals surface area contributed by atoms with Gasteiger partial charge in [0.05, 0.1) is 15.4 Å². The van der Waals surface area contributed by atoms with E-state index in [2.05, 4.69) is 27.9 Å². The third-order valence-corrected chi connectivity index (χ3v) is 8.10. The molecule has 4 rings (SSSR count). The summed E-state index contributed by atoms with van der Waals surface area (Å²) in [6, 6.07) is 7.15. The lowest BCUT2D eigenvalue weighted by molar-refractivity contribution is -0.131. The normalized spacial score (nSPS) is 14.1. The maximum absolute atomic E-state index is 12.7. The topological polar surface area (TPSA) is 66.4 Å². The van der Waals surface area contributed by atoms with Gasteiger partial charge in [-0.3, -0.25) is 9.59 Å². The molecular formula is C25H28Cl2N4O2S.